The highest BCUT2D eigenvalue weighted by Crippen LogP contribution is 2.26. The van der Waals surface area contributed by atoms with Crippen LogP contribution in [-0.2, 0) is 4.79 Å². The van der Waals surface area contributed by atoms with Gasteiger partial charge in [0.15, 0.2) is 11.5 Å². The topological polar surface area (TPSA) is 72.0 Å². The van der Waals surface area contributed by atoms with Crippen molar-refractivity contribution < 1.29 is 14.3 Å². The summed E-state index contributed by atoms with van der Waals surface area (Å²) in [7, 11) is 3.13. The molecular weight excluding hydrogens is 342 g/mol. The third-order valence-electron chi connectivity index (χ3n) is 3.42. The summed E-state index contributed by atoms with van der Waals surface area (Å²) >= 11 is 5.84. The molecule has 0 aliphatic heterocycles. The van der Waals surface area contributed by atoms with E-state index in [0.29, 0.717) is 16.5 Å². The molecule has 2 aromatic carbocycles. The van der Waals surface area contributed by atoms with E-state index in [0.717, 1.165) is 11.3 Å². The maximum atomic E-state index is 12.1. The maximum absolute atomic E-state index is 12.1. The molecular formula is C18H20ClN3O3. The van der Waals surface area contributed by atoms with E-state index >= 15 is 0 Å². The molecule has 0 aliphatic rings. The molecule has 132 valence electrons. The van der Waals surface area contributed by atoms with E-state index in [1.165, 1.54) is 6.21 Å². The lowest BCUT2D eigenvalue weighted by Crippen LogP contribution is -2.34. The van der Waals surface area contributed by atoms with E-state index in [1.54, 1.807) is 57.5 Å². The predicted octanol–water partition coefficient (Wildman–Crippen LogP) is 3.31. The monoisotopic (exact) mass is 361 g/mol. The van der Waals surface area contributed by atoms with E-state index in [2.05, 4.69) is 15.8 Å². The van der Waals surface area contributed by atoms with Gasteiger partial charge in [0.05, 0.1) is 20.4 Å². The number of nitrogens with zero attached hydrogens (tertiary/aromatic N) is 1. The maximum Gasteiger partial charge on any atom is 0.262 e. The number of hydrogen-bond donors (Lipinski definition) is 2. The minimum atomic E-state index is -0.455. The van der Waals surface area contributed by atoms with Crippen molar-refractivity contribution in [2.24, 2.45) is 5.10 Å². The van der Waals surface area contributed by atoms with Crippen molar-refractivity contribution in [1.82, 2.24) is 5.43 Å². The smallest absolute Gasteiger partial charge is 0.262 e. The number of rotatable bonds is 7. The second kappa shape index (κ2) is 8.94. The summed E-state index contributed by atoms with van der Waals surface area (Å²) < 4.78 is 10.4. The van der Waals surface area contributed by atoms with E-state index < -0.39 is 6.04 Å². The van der Waals surface area contributed by atoms with Crippen LogP contribution in [0.3, 0.4) is 0 Å². The summed E-state index contributed by atoms with van der Waals surface area (Å²) in [6.45, 7) is 1.75. The van der Waals surface area contributed by atoms with Gasteiger partial charge in [-0.15, -0.1) is 0 Å². The molecule has 7 heteroatoms. The molecule has 1 amide bonds. The van der Waals surface area contributed by atoms with Gasteiger partial charge in [0.1, 0.15) is 6.04 Å². The number of ether oxygens (including phenoxy) is 2. The van der Waals surface area contributed by atoms with Gasteiger partial charge in [0.2, 0.25) is 0 Å². The number of carbonyl (C=O) groups excluding carboxylic acids is 1. The van der Waals surface area contributed by atoms with E-state index in [9.17, 15) is 4.79 Å². The Balaban J connectivity index is 1.92. The molecule has 0 aliphatic carbocycles. The Morgan fingerprint density at radius 3 is 2.44 bits per heavy atom. The molecule has 2 aromatic rings. The van der Waals surface area contributed by atoms with Crippen molar-refractivity contribution in [3.8, 4) is 11.5 Å². The van der Waals surface area contributed by atoms with Crippen LogP contribution in [0.5, 0.6) is 11.5 Å². The molecule has 25 heavy (non-hydrogen) atoms. The van der Waals surface area contributed by atoms with Crippen LogP contribution in [-0.4, -0.2) is 32.4 Å². The molecule has 0 fully saturated rings. The fourth-order valence-electron chi connectivity index (χ4n) is 2.06. The zero-order valence-corrected chi connectivity index (χ0v) is 15.0. The average Bonchev–Trinajstić information content (AvgIpc) is 2.63. The van der Waals surface area contributed by atoms with Crippen LogP contribution < -0.4 is 20.2 Å². The predicted molar refractivity (Wildman–Crippen MR) is 99.8 cm³/mol. The van der Waals surface area contributed by atoms with Crippen molar-refractivity contribution in [2.75, 3.05) is 19.5 Å². The highest BCUT2D eigenvalue weighted by atomic mass is 35.5. The standard InChI is InChI=1S/C18H20ClN3O3/c1-12(21-15-7-5-14(19)6-8-15)18(23)22-20-11-13-4-9-16(24-2)17(10-13)25-3/h4-12,21H,1-3H3,(H,22,23)/b20-11-/t12-/m0/s1. The summed E-state index contributed by atoms with van der Waals surface area (Å²) in [5.41, 5.74) is 4.07. The Morgan fingerprint density at radius 1 is 1.12 bits per heavy atom. The van der Waals surface area contributed by atoms with E-state index in [-0.39, 0.29) is 5.91 Å². The van der Waals surface area contributed by atoms with E-state index in [1.807, 2.05) is 6.07 Å². The number of anilines is 1. The Morgan fingerprint density at radius 2 is 1.80 bits per heavy atom. The third-order valence-corrected chi connectivity index (χ3v) is 3.67. The molecule has 0 aromatic heterocycles. The number of amides is 1. The minimum absolute atomic E-state index is 0.258. The number of methoxy groups -OCH3 is 2. The fourth-order valence-corrected chi connectivity index (χ4v) is 2.19. The molecule has 6 nitrogen and oxygen atoms in total. The Kier molecular flexibility index (Phi) is 6.65. The third kappa shape index (κ3) is 5.39. The number of benzene rings is 2. The van der Waals surface area contributed by atoms with Gasteiger partial charge in [0.25, 0.3) is 5.91 Å². The molecule has 0 heterocycles. The van der Waals surface area contributed by atoms with Gasteiger partial charge in [0, 0.05) is 10.7 Å². The molecule has 0 saturated carbocycles. The first-order valence-corrected chi connectivity index (χ1v) is 7.98. The summed E-state index contributed by atoms with van der Waals surface area (Å²) in [5.74, 6) is 0.965. The highest BCUT2D eigenvalue weighted by Gasteiger charge is 2.11. The minimum Gasteiger partial charge on any atom is -0.493 e. The van der Waals surface area contributed by atoms with Crippen LogP contribution in [0.15, 0.2) is 47.6 Å². The van der Waals surface area contributed by atoms with Gasteiger partial charge in [-0.3, -0.25) is 4.79 Å². The molecule has 1 atom stereocenters. The Bertz CT molecular complexity index is 748. The highest BCUT2D eigenvalue weighted by molar-refractivity contribution is 6.30. The lowest BCUT2D eigenvalue weighted by Gasteiger charge is -2.13. The van der Waals surface area contributed by atoms with Crippen LogP contribution in [0, 0.1) is 0 Å². The molecule has 0 radical (unpaired) electrons. The number of hydrazone groups is 1. The largest absolute Gasteiger partial charge is 0.493 e. The van der Waals surface area contributed by atoms with Crippen LogP contribution in [0.2, 0.25) is 5.02 Å². The van der Waals surface area contributed by atoms with Crippen LogP contribution in [0.4, 0.5) is 5.69 Å². The molecule has 0 bridgehead atoms. The van der Waals surface area contributed by atoms with Crippen LogP contribution in [0.25, 0.3) is 0 Å². The van der Waals surface area contributed by atoms with Gasteiger partial charge in [-0.1, -0.05) is 11.6 Å². The summed E-state index contributed by atoms with van der Waals surface area (Å²) in [5, 5.41) is 7.68. The SMILES string of the molecule is COc1ccc(/C=N\NC(=O)[C@H](C)Nc2ccc(Cl)cc2)cc1OC. The van der Waals surface area contributed by atoms with Crippen LogP contribution in [0.1, 0.15) is 12.5 Å². The quantitative estimate of drug-likeness (QED) is 0.586. The zero-order valence-electron chi connectivity index (χ0n) is 14.2. The molecule has 0 spiro atoms. The van der Waals surface area contributed by atoms with Crippen molar-refractivity contribution >= 4 is 29.4 Å². The van der Waals surface area contributed by atoms with Gasteiger partial charge < -0.3 is 14.8 Å². The Hall–Kier alpha value is -2.73. The lowest BCUT2D eigenvalue weighted by atomic mass is 10.2. The number of hydrogen-bond acceptors (Lipinski definition) is 5. The molecule has 2 N–H and O–H groups in total. The van der Waals surface area contributed by atoms with Gasteiger partial charge >= 0.3 is 0 Å². The average molecular weight is 362 g/mol. The summed E-state index contributed by atoms with van der Waals surface area (Å²) in [6.07, 6.45) is 1.54. The summed E-state index contributed by atoms with van der Waals surface area (Å²) in [4.78, 5) is 12.1. The van der Waals surface area contributed by atoms with Gasteiger partial charge in [-0.05, 0) is 55.0 Å². The van der Waals surface area contributed by atoms with Gasteiger partial charge in [-0.2, -0.15) is 5.10 Å². The molecule has 2 rings (SSSR count). The number of carbonyl (C=O) groups is 1. The fraction of sp³-hybridized carbons (Fsp3) is 0.222. The molecule has 0 saturated heterocycles. The normalized spacial score (nSPS) is 11.8. The zero-order chi connectivity index (χ0) is 18.2. The number of halogens is 1. The van der Waals surface area contributed by atoms with Gasteiger partial charge in [-0.25, -0.2) is 5.43 Å². The van der Waals surface area contributed by atoms with Crippen molar-refractivity contribution in [1.29, 1.82) is 0 Å². The second-order valence-corrected chi connectivity index (χ2v) is 5.66. The van der Waals surface area contributed by atoms with Crippen molar-refractivity contribution in [3.63, 3.8) is 0 Å². The first-order chi connectivity index (χ1) is 12.0. The lowest BCUT2D eigenvalue weighted by molar-refractivity contribution is -0.121. The molecule has 0 unspecified atom stereocenters. The van der Waals surface area contributed by atoms with Crippen molar-refractivity contribution in [2.45, 2.75) is 13.0 Å². The first kappa shape index (κ1) is 18.6. The van der Waals surface area contributed by atoms with Crippen molar-refractivity contribution in [3.05, 3.63) is 53.1 Å². The number of nitrogens with one attached hydrogen (secondary N) is 2. The summed E-state index contributed by atoms with van der Waals surface area (Å²) in [6, 6.07) is 12.0. The van der Waals surface area contributed by atoms with E-state index in [4.69, 9.17) is 21.1 Å². The Labute approximate surface area is 151 Å². The second-order valence-electron chi connectivity index (χ2n) is 5.22. The first-order valence-electron chi connectivity index (χ1n) is 7.60. The van der Waals surface area contributed by atoms with Crippen LogP contribution >= 0.6 is 11.6 Å².